The predicted molar refractivity (Wildman–Crippen MR) is 134 cm³/mol. The van der Waals surface area contributed by atoms with Crippen molar-refractivity contribution in [2.75, 3.05) is 17.2 Å². The highest BCUT2D eigenvalue weighted by Crippen LogP contribution is 2.47. The maximum atomic E-state index is 13.5. The normalized spacial score (nSPS) is 22.3. The standard InChI is InChI=1S/C24H26ClN5O4S/c1-2-19-27-17-8-7-16(11-18(17)35-19)26-21-28-22(33)30(13-24(9-10-24)20(31)32)23(34)29(21)12-14-3-5-15(25)6-4-14/h3-8,11,19,21,26-27H,2,9-10,12-13H2,1H3,(H,28,33)(H,31,32). The van der Waals surface area contributed by atoms with Gasteiger partial charge >= 0.3 is 18.0 Å². The number of carbonyl (C=O) groups is 3. The van der Waals surface area contributed by atoms with Crippen molar-refractivity contribution in [2.24, 2.45) is 5.41 Å². The molecular weight excluding hydrogens is 490 g/mol. The molecule has 11 heteroatoms. The number of amides is 4. The second-order valence-corrected chi connectivity index (χ2v) is 10.8. The lowest BCUT2D eigenvalue weighted by Gasteiger charge is -2.42. The van der Waals surface area contributed by atoms with Gasteiger partial charge in [-0.05, 0) is 55.2 Å². The van der Waals surface area contributed by atoms with Gasteiger partial charge in [-0.1, -0.05) is 42.4 Å². The quantitative estimate of drug-likeness (QED) is 0.399. The predicted octanol–water partition coefficient (Wildman–Crippen LogP) is 4.80. The summed E-state index contributed by atoms with van der Waals surface area (Å²) in [7, 11) is 0. The summed E-state index contributed by atoms with van der Waals surface area (Å²) in [5.41, 5.74) is 1.58. The Bertz CT molecular complexity index is 1170. The van der Waals surface area contributed by atoms with E-state index >= 15 is 0 Å². The molecule has 0 radical (unpaired) electrons. The first-order valence-electron chi connectivity index (χ1n) is 11.5. The Labute approximate surface area is 212 Å². The number of carbonyl (C=O) groups excluding carboxylic acids is 2. The molecule has 2 aliphatic heterocycles. The fourth-order valence-corrected chi connectivity index (χ4v) is 5.48. The minimum Gasteiger partial charge on any atom is -0.481 e. The zero-order valence-corrected chi connectivity index (χ0v) is 20.7. The van der Waals surface area contributed by atoms with Gasteiger partial charge in [0.25, 0.3) is 0 Å². The third-order valence-corrected chi connectivity index (χ3v) is 8.15. The highest BCUT2D eigenvalue weighted by atomic mass is 35.5. The van der Waals surface area contributed by atoms with E-state index < -0.39 is 29.7 Å². The topological polar surface area (TPSA) is 114 Å². The fraction of sp³-hybridized carbons (Fsp3) is 0.375. The second kappa shape index (κ2) is 9.16. The number of carboxylic acids is 1. The SMILES string of the molecule is CCC1Nc2ccc(NC3NC(=O)N(CC4(C(=O)O)CC4)C(=O)N3Cc3ccc(Cl)cc3)cc2S1. The molecule has 0 spiro atoms. The molecule has 4 N–H and O–H groups in total. The first-order chi connectivity index (χ1) is 16.8. The lowest BCUT2D eigenvalue weighted by molar-refractivity contribution is -0.143. The zero-order valence-electron chi connectivity index (χ0n) is 19.1. The highest BCUT2D eigenvalue weighted by Gasteiger charge is 2.54. The van der Waals surface area contributed by atoms with Crippen molar-refractivity contribution in [1.82, 2.24) is 15.1 Å². The Morgan fingerprint density at radius 2 is 1.94 bits per heavy atom. The van der Waals surface area contributed by atoms with Gasteiger partial charge < -0.3 is 15.7 Å². The van der Waals surface area contributed by atoms with Crippen LogP contribution in [0.5, 0.6) is 0 Å². The van der Waals surface area contributed by atoms with Crippen LogP contribution in [0.4, 0.5) is 21.0 Å². The molecule has 0 aromatic heterocycles. The summed E-state index contributed by atoms with van der Waals surface area (Å²) >= 11 is 7.76. The maximum Gasteiger partial charge on any atom is 0.331 e. The second-order valence-electron chi connectivity index (χ2n) is 9.07. The number of urea groups is 2. The summed E-state index contributed by atoms with van der Waals surface area (Å²) < 4.78 is 0. The summed E-state index contributed by atoms with van der Waals surface area (Å²) in [5, 5.41) is 20.0. The molecule has 35 heavy (non-hydrogen) atoms. The van der Waals surface area contributed by atoms with Crippen LogP contribution >= 0.6 is 23.4 Å². The molecule has 1 saturated heterocycles. The smallest absolute Gasteiger partial charge is 0.331 e. The minimum absolute atomic E-state index is 0.156. The Morgan fingerprint density at radius 1 is 1.20 bits per heavy atom. The van der Waals surface area contributed by atoms with Gasteiger partial charge in [0.05, 0.1) is 17.3 Å². The fourth-order valence-electron chi connectivity index (χ4n) is 4.25. The number of hydrogen-bond acceptors (Lipinski definition) is 6. The zero-order chi connectivity index (χ0) is 24.7. The summed E-state index contributed by atoms with van der Waals surface area (Å²) in [5.74, 6) is -0.989. The molecule has 0 bridgehead atoms. The third kappa shape index (κ3) is 4.72. The molecule has 184 valence electrons. The van der Waals surface area contributed by atoms with Gasteiger partial charge in [0, 0.05) is 27.8 Å². The Hall–Kier alpha value is -3.11. The van der Waals surface area contributed by atoms with Crippen LogP contribution in [0.2, 0.25) is 5.02 Å². The molecule has 2 aromatic carbocycles. The molecular formula is C24H26ClN5O4S. The monoisotopic (exact) mass is 515 g/mol. The van der Waals surface area contributed by atoms with E-state index in [1.54, 1.807) is 23.9 Å². The molecule has 2 atom stereocenters. The number of aliphatic carboxylic acids is 1. The van der Waals surface area contributed by atoms with E-state index in [0.29, 0.717) is 23.2 Å². The lowest BCUT2D eigenvalue weighted by Crippen LogP contribution is -2.67. The van der Waals surface area contributed by atoms with Crippen molar-refractivity contribution in [3.05, 3.63) is 53.1 Å². The van der Waals surface area contributed by atoms with Gasteiger partial charge in [-0.3, -0.25) is 15.0 Å². The van der Waals surface area contributed by atoms with E-state index in [9.17, 15) is 19.5 Å². The summed E-state index contributed by atoms with van der Waals surface area (Å²) in [6.45, 7) is 2.16. The number of carboxylic acid groups (broad SMARTS) is 1. The number of benzene rings is 2. The van der Waals surface area contributed by atoms with Crippen LogP contribution in [0.1, 0.15) is 31.7 Å². The first-order valence-corrected chi connectivity index (χ1v) is 12.7. The lowest BCUT2D eigenvalue weighted by atomic mass is 10.1. The largest absolute Gasteiger partial charge is 0.481 e. The van der Waals surface area contributed by atoms with E-state index in [1.807, 2.05) is 30.3 Å². The van der Waals surface area contributed by atoms with E-state index in [2.05, 4.69) is 22.9 Å². The molecule has 5 rings (SSSR count). The number of thioether (sulfide) groups is 1. The number of anilines is 2. The van der Waals surface area contributed by atoms with E-state index in [4.69, 9.17) is 11.6 Å². The van der Waals surface area contributed by atoms with Crippen molar-refractivity contribution in [1.29, 1.82) is 0 Å². The van der Waals surface area contributed by atoms with Crippen LogP contribution in [-0.2, 0) is 11.3 Å². The van der Waals surface area contributed by atoms with Gasteiger partial charge in [-0.2, -0.15) is 0 Å². The number of nitrogens with one attached hydrogen (secondary N) is 3. The van der Waals surface area contributed by atoms with Crippen LogP contribution < -0.4 is 16.0 Å². The van der Waals surface area contributed by atoms with Gasteiger partial charge in [-0.25, -0.2) is 14.5 Å². The first kappa shape index (κ1) is 23.6. The summed E-state index contributed by atoms with van der Waals surface area (Å²) in [6.07, 6.45) is 1.05. The van der Waals surface area contributed by atoms with Crippen molar-refractivity contribution in [2.45, 2.75) is 49.3 Å². The number of halogens is 1. The van der Waals surface area contributed by atoms with Crippen molar-refractivity contribution in [3.63, 3.8) is 0 Å². The van der Waals surface area contributed by atoms with Gasteiger partial charge in [0.1, 0.15) is 0 Å². The molecule has 1 aliphatic carbocycles. The van der Waals surface area contributed by atoms with Crippen LogP contribution in [0.25, 0.3) is 0 Å². The number of hydrogen-bond donors (Lipinski definition) is 4. The molecule has 2 fully saturated rings. The average molecular weight is 516 g/mol. The molecule has 1 saturated carbocycles. The van der Waals surface area contributed by atoms with E-state index in [-0.39, 0.29) is 13.1 Å². The van der Waals surface area contributed by atoms with E-state index in [0.717, 1.165) is 33.2 Å². The molecule has 9 nitrogen and oxygen atoms in total. The van der Waals surface area contributed by atoms with Gasteiger partial charge in [0.15, 0.2) is 6.29 Å². The summed E-state index contributed by atoms with van der Waals surface area (Å²) in [4.78, 5) is 41.8. The van der Waals surface area contributed by atoms with Crippen LogP contribution in [0, 0.1) is 5.41 Å². The molecule has 2 heterocycles. The average Bonchev–Trinajstić information content (AvgIpc) is 3.51. The van der Waals surface area contributed by atoms with Crippen LogP contribution in [0.15, 0.2) is 47.4 Å². The van der Waals surface area contributed by atoms with E-state index in [1.165, 1.54) is 4.90 Å². The number of nitrogens with zero attached hydrogens (tertiary/aromatic N) is 2. The van der Waals surface area contributed by atoms with Crippen LogP contribution in [-0.4, -0.2) is 51.1 Å². The number of fused-ring (bicyclic) bond motifs is 1. The van der Waals surface area contributed by atoms with Crippen LogP contribution in [0.3, 0.4) is 0 Å². The molecule has 2 aromatic rings. The molecule has 4 amide bonds. The number of rotatable bonds is 8. The summed E-state index contributed by atoms with van der Waals surface area (Å²) in [6, 6.07) is 11.8. The Morgan fingerprint density at radius 3 is 2.60 bits per heavy atom. The third-order valence-electron chi connectivity index (χ3n) is 6.57. The van der Waals surface area contributed by atoms with Gasteiger partial charge in [0.2, 0.25) is 0 Å². The van der Waals surface area contributed by atoms with Gasteiger partial charge in [-0.15, -0.1) is 0 Å². The molecule has 3 aliphatic rings. The highest BCUT2D eigenvalue weighted by molar-refractivity contribution is 8.00. The Balaban J connectivity index is 1.39. The molecule has 2 unspecified atom stereocenters. The minimum atomic E-state index is -1.06. The Kier molecular flexibility index (Phi) is 6.18. The van der Waals surface area contributed by atoms with Crippen molar-refractivity contribution in [3.8, 4) is 0 Å². The maximum absolute atomic E-state index is 13.5. The van der Waals surface area contributed by atoms with Crippen molar-refractivity contribution >= 4 is 52.8 Å². The van der Waals surface area contributed by atoms with Crippen molar-refractivity contribution < 1.29 is 19.5 Å². The number of imide groups is 1.